The van der Waals surface area contributed by atoms with Gasteiger partial charge in [0.2, 0.25) is 0 Å². The summed E-state index contributed by atoms with van der Waals surface area (Å²) < 4.78 is 10.6. The normalized spacial score (nSPS) is 16.5. The molecule has 0 bridgehead atoms. The van der Waals surface area contributed by atoms with Crippen LogP contribution >= 0.6 is 11.3 Å². The predicted octanol–water partition coefficient (Wildman–Crippen LogP) is 4.65. The number of ether oxygens (including phenoxy) is 2. The molecule has 4 rings (SSSR count). The van der Waals surface area contributed by atoms with Gasteiger partial charge in [-0.15, -0.1) is 11.3 Å². The summed E-state index contributed by atoms with van der Waals surface area (Å²) in [5.41, 5.74) is 1.56. The average molecular weight is 427 g/mol. The van der Waals surface area contributed by atoms with E-state index >= 15 is 0 Å². The van der Waals surface area contributed by atoms with E-state index in [4.69, 9.17) is 9.47 Å². The summed E-state index contributed by atoms with van der Waals surface area (Å²) in [5, 5.41) is 3.95. The van der Waals surface area contributed by atoms with E-state index in [1.54, 1.807) is 38.7 Å². The number of carbonyl (C=O) groups excluding carboxylic acids is 1. The summed E-state index contributed by atoms with van der Waals surface area (Å²) in [6.45, 7) is 5.19. The largest absolute Gasteiger partial charge is 0.493 e. The molecule has 1 saturated heterocycles. The Kier molecular flexibility index (Phi) is 5.76. The van der Waals surface area contributed by atoms with Crippen LogP contribution in [0.2, 0.25) is 0 Å². The number of aromatic nitrogens is 2. The second-order valence-corrected chi connectivity index (χ2v) is 8.49. The zero-order chi connectivity index (χ0) is 21.3. The fourth-order valence-electron chi connectivity index (χ4n) is 4.00. The van der Waals surface area contributed by atoms with Crippen LogP contribution in [0.15, 0.2) is 24.5 Å². The highest BCUT2D eigenvalue weighted by atomic mass is 32.1. The van der Waals surface area contributed by atoms with Crippen LogP contribution in [0.25, 0.3) is 10.2 Å². The number of methoxy groups -OCH3 is 2. The Balaban J connectivity index is 1.67. The summed E-state index contributed by atoms with van der Waals surface area (Å²) in [6.07, 6.45) is 5.16. The van der Waals surface area contributed by atoms with E-state index in [9.17, 15) is 4.79 Å². The molecule has 7 nitrogen and oxygen atoms in total. The molecule has 0 saturated carbocycles. The monoisotopic (exact) mass is 426 g/mol. The van der Waals surface area contributed by atoms with Crippen molar-refractivity contribution in [1.29, 1.82) is 0 Å². The van der Waals surface area contributed by atoms with Gasteiger partial charge in [-0.1, -0.05) is 0 Å². The van der Waals surface area contributed by atoms with Gasteiger partial charge in [-0.3, -0.25) is 4.79 Å². The average Bonchev–Trinajstić information content (AvgIpc) is 3.11. The van der Waals surface area contributed by atoms with Crippen molar-refractivity contribution in [2.45, 2.75) is 39.2 Å². The number of piperidine rings is 1. The molecule has 0 spiro atoms. The lowest BCUT2D eigenvalue weighted by Gasteiger charge is -2.34. The van der Waals surface area contributed by atoms with Gasteiger partial charge in [-0.2, -0.15) is 0 Å². The maximum Gasteiger partial charge on any atom is 0.266 e. The molecule has 0 radical (unpaired) electrons. The number of fused-ring (bicyclic) bond motifs is 1. The van der Waals surface area contributed by atoms with Gasteiger partial charge in [0, 0.05) is 24.3 Å². The van der Waals surface area contributed by atoms with Crippen LogP contribution in [-0.4, -0.2) is 42.7 Å². The van der Waals surface area contributed by atoms with E-state index in [2.05, 4.69) is 27.1 Å². The fourth-order valence-corrected chi connectivity index (χ4v) is 5.04. The third kappa shape index (κ3) is 3.67. The second-order valence-electron chi connectivity index (χ2n) is 7.50. The molecule has 3 aromatic rings. The van der Waals surface area contributed by atoms with E-state index in [0.29, 0.717) is 28.1 Å². The smallest absolute Gasteiger partial charge is 0.266 e. The second kappa shape index (κ2) is 8.47. The van der Waals surface area contributed by atoms with Crippen molar-refractivity contribution in [1.82, 2.24) is 9.97 Å². The van der Waals surface area contributed by atoms with E-state index in [1.165, 1.54) is 17.8 Å². The summed E-state index contributed by atoms with van der Waals surface area (Å²) in [5.74, 6) is 1.95. The number of hydrogen-bond acceptors (Lipinski definition) is 7. The van der Waals surface area contributed by atoms with Crippen molar-refractivity contribution < 1.29 is 14.3 Å². The molecule has 2 aromatic heterocycles. The molecule has 30 heavy (non-hydrogen) atoms. The highest BCUT2D eigenvalue weighted by molar-refractivity contribution is 7.20. The zero-order valence-electron chi connectivity index (χ0n) is 17.7. The van der Waals surface area contributed by atoms with Crippen LogP contribution < -0.4 is 19.7 Å². The number of hydrogen-bond donors (Lipinski definition) is 1. The Hall–Kier alpha value is -2.87. The van der Waals surface area contributed by atoms with Crippen LogP contribution in [0.3, 0.4) is 0 Å². The number of aryl methyl sites for hydroxylation is 1. The molecular formula is C22H26N4O3S. The van der Waals surface area contributed by atoms with Crippen molar-refractivity contribution in [3.63, 3.8) is 0 Å². The Labute approximate surface area is 180 Å². The van der Waals surface area contributed by atoms with Crippen molar-refractivity contribution >= 4 is 39.0 Å². The molecule has 1 aromatic carbocycles. The third-order valence-electron chi connectivity index (χ3n) is 5.63. The molecule has 1 fully saturated rings. The lowest BCUT2D eigenvalue weighted by molar-refractivity contribution is 0.103. The minimum atomic E-state index is -0.166. The van der Waals surface area contributed by atoms with Crippen molar-refractivity contribution in [3.8, 4) is 11.5 Å². The number of carbonyl (C=O) groups is 1. The minimum Gasteiger partial charge on any atom is -0.493 e. The van der Waals surface area contributed by atoms with Crippen molar-refractivity contribution in [3.05, 3.63) is 35.0 Å². The summed E-state index contributed by atoms with van der Waals surface area (Å²) in [7, 11) is 3.15. The predicted molar refractivity (Wildman–Crippen MR) is 120 cm³/mol. The van der Waals surface area contributed by atoms with E-state index in [-0.39, 0.29) is 5.91 Å². The van der Waals surface area contributed by atoms with Gasteiger partial charge in [0.05, 0.1) is 24.5 Å². The summed E-state index contributed by atoms with van der Waals surface area (Å²) >= 11 is 1.40. The van der Waals surface area contributed by atoms with Crippen LogP contribution in [0, 0.1) is 6.92 Å². The Morgan fingerprint density at radius 1 is 1.20 bits per heavy atom. The molecule has 3 heterocycles. The number of nitrogens with zero attached hydrogens (tertiary/aromatic N) is 3. The van der Waals surface area contributed by atoms with E-state index < -0.39 is 0 Å². The van der Waals surface area contributed by atoms with Gasteiger partial charge in [-0.25, -0.2) is 9.97 Å². The first-order valence-corrected chi connectivity index (χ1v) is 10.9. The number of thiophene rings is 1. The molecule has 1 aliphatic heterocycles. The Morgan fingerprint density at radius 3 is 2.73 bits per heavy atom. The molecule has 1 N–H and O–H groups in total. The molecule has 1 amide bonds. The Morgan fingerprint density at radius 2 is 2.00 bits per heavy atom. The van der Waals surface area contributed by atoms with Crippen LogP contribution in [0.5, 0.6) is 11.5 Å². The highest BCUT2D eigenvalue weighted by Crippen LogP contribution is 2.37. The third-order valence-corrected chi connectivity index (χ3v) is 6.83. The van der Waals surface area contributed by atoms with Crippen molar-refractivity contribution in [2.75, 3.05) is 31.0 Å². The number of amides is 1. The van der Waals surface area contributed by atoms with Gasteiger partial charge in [0.1, 0.15) is 17.0 Å². The molecule has 8 heteroatoms. The SMILES string of the molecule is COc1ccc(NC(=O)c2sc3ncnc(N4CCCC[C@H]4C)c3c2C)cc1OC. The molecule has 158 valence electrons. The first kappa shape index (κ1) is 20.4. The number of benzene rings is 1. The molecule has 0 unspecified atom stereocenters. The lowest BCUT2D eigenvalue weighted by Crippen LogP contribution is -2.38. The van der Waals surface area contributed by atoms with Crippen molar-refractivity contribution in [2.24, 2.45) is 0 Å². The topological polar surface area (TPSA) is 76.6 Å². The van der Waals surface area contributed by atoms with E-state index in [0.717, 1.165) is 41.0 Å². The summed E-state index contributed by atoms with van der Waals surface area (Å²) in [4.78, 5) is 26.0. The molecular weight excluding hydrogens is 400 g/mol. The van der Waals surface area contributed by atoms with Gasteiger partial charge >= 0.3 is 0 Å². The molecule has 1 atom stereocenters. The first-order chi connectivity index (χ1) is 14.5. The quantitative estimate of drug-likeness (QED) is 0.640. The van der Waals surface area contributed by atoms with Gasteiger partial charge in [0.15, 0.2) is 11.5 Å². The highest BCUT2D eigenvalue weighted by Gasteiger charge is 2.26. The minimum absolute atomic E-state index is 0.166. The van der Waals surface area contributed by atoms with Gasteiger partial charge < -0.3 is 19.7 Å². The number of nitrogens with one attached hydrogen (secondary N) is 1. The maximum absolute atomic E-state index is 13.1. The number of anilines is 2. The van der Waals surface area contributed by atoms with Crippen LogP contribution in [-0.2, 0) is 0 Å². The zero-order valence-corrected chi connectivity index (χ0v) is 18.5. The molecule has 0 aliphatic carbocycles. The van der Waals surface area contributed by atoms with E-state index in [1.807, 2.05) is 6.92 Å². The first-order valence-electron chi connectivity index (χ1n) is 10.1. The van der Waals surface area contributed by atoms with Gasteiger partial charge in [0.25, 0.3) is 5.91 Å². The number of rotatable bonds is 5. The van der Waals surface area contributed by atoms with Crippen LogP contribution in [0.1, 0.15) is 41.4 Å². The lowest BCUT2D eigenvalue weighted by atomic mass is 10.0. The summed E-state index contributed by atoms with van der Waals surface area (Å²) in [6, 6.07) is 5.75. The Bertz CT molecular complexity index is 1080. The molecule has 1 aliphatic rings. The standard InChI is InChI=1S/C22H26N4O3S/c1-13-7-5-6-10-26(13)20-18-14(2)19(30-22(18)24-12-23-20)21(27)25-15-8-9-16(28-3)17(11-15)29-4/h8-9,11-13H,5-7,10H2,1-4H3,(H,25,27)/t13-/m1/s1. The maximum atomic E-state index is 13.1. The fraction of sp³-hybridized carbons (Fsp3) is 0.409. The van der Waals surface area contributed by atoms with Crippen LogP contribution in [0.4, 0.5) is 11.5 Å². The van der Waals surface area contributed by atoms with Gasteiger partial charge in [-0.05, 0) is 50.8 Å².